The molecule has 0 aliphatic carbocycles. The number of halogens is 2. The van der Waals surface area contributed by atoms with E-state index in [0.29, 0.717) is 13.1 Å². The molecule has 1 N–H and O–H groups in total. The minimum Gasteiger partial charge on any atom is -0.381 e. The number of anilines is 1. The van der Waals surface area contributed by atoms with Crippen LogP contribution in [0, 0.1) is 11.6 Å². The molecule has 1 aromatic rings. The monoisotopic (exact) mass is 270 g/mol. The summed E-state index contributed by atoms with van der Waals surface area (Å²) in [6.45, 7) is 4.75. The fourth-order valence-electron chi connectivity index (χ4n) is 1.76. The Hall–Kier alpha value is -1.65. The Morgan fingerprint density at radius 1 is 1.26 bits per heavy atom. The van der Waals surface area contributed by atoms with E-state index in [9.17, 15) is 13.6 Å². The van der Waals surface area contributed by atoms with Crippen molar-refractivity contribution in [2.75, 3.05) is 25.5 Å². The highest BCUT2D eigenvalue weighted by Gasteiger charge is 2.17. The van der Waals surface area contributed by atoms with Crippen LogP contribution in [0.25, 0.3) is 0 Å². The second-order valence-electron chi connectivity index (χ2n) is 4.43. The van der Waals surface area contributed by atoms with Crippen molar-refractivity contribution in [3.8, 4) is 0 Å². The average Bonchev–Trinajstić information content (AvgIpc) is 2.39. The van der Waals surface area contributed by atoms with E-state index >= 15 is 0 Å². The molecule has 0 unspecified atom stereocenters. The molecule has 0 saturated heterocycles. The molecule has 0 bridgehead atoms. The summed E-state index contributed by atoms with van der Waals surface area (Å²) in [5.74, 6) is -1.85. The lowest BCUT2D eigenvalue weighted by Gasteiger charge is -2.17. The van der Waals surface area contributed by atoms with Gasteiger partial charge in [0.2, 0.25) is 0 Å². The Balaban J connectivity index is 2.93. The van der Waals surface area contributed by atoms with Crippen LogP contribution in [0.1, 0.15) is 37.0 Å². The molecule has 0 aliphatic heterocycles. The zero-order valence-electron chi connectivity index (χ0n) is 11.6. The molecule has 1 aromatic carbocycles. The Kier molecular flexibility index (Phi) is 5.73. The molecule has 0 heterocycles. The first kappa shape index (κ1) is 15.4. The van der Waals surface area contributed by atoms with Crippen LogP contribution in [0.15, 0.2) is 12.1 Å². The summed E-state index contributed by atoms with van der Waals surface area (Å²) in [5, 5.41) is 2.60. The van der Waals surface area contributed by atoms with Crippen molar-refractivity contribution >= 4 is 11.6 Å². The van der Waals surface area contributed by atoms with E-state index in [4.69, 9.17) is 0 Å². The Morgan fingerprint density at radius 2 is 1.84 bits per heavy atom. The molecule has 0 atom stereocenters. The maximum absolute atomic E-state index is 13.7. The molecule has 0 saturated carbocycles. The van der Waals surface area contributed by atoms with Crippen molar-refractivity contribution in [3.63, 3.8) is 0 Å². The molecule has 3 nitrogen and oxygen atoms in total. The van der Waals surface area contributed by atoms with E-state index in [1.54, 1.807) is 14.0 Å². The molecular weight excluding hydrogens is 250 g/mol. The molecule has 0 spiro atoms. The highest BCUT2D eigenvalue weighted by Crippen LogP contribution is 2.21. The van der Waals surface area contributed by atoms with Crippen LogP contribution in [0.2, 0.25) is 0 Å². The van der Waals surface area contributed by atoms with Crippen LogP contribution >= 0.6 is 0 Å². The summed E-state index contributed by atoms with van der Waals surface area (Å²) in [7, 11) is 1.63. The minimum absolute atomic E-state index is 0.0373. The fraction of sp³-hybridized carbons (Fsp3) is 0.500. The first-order valence-electron chi connectivity index (χ1n) is 6.49. The van der Waals surface area contributed by atoms with Crippen LogP contribution in [-0.2, 0) is 0 Å². The van der Waals surface area contributed by atoms with E-state index in [2.05, 4.69) is 5.32 Å². The maximum atomic E-state index is 13.7. The third-order valence-electron chi connectivity index (χ3n) is 2.84. The molecule has 0 fully saturated rings. The summed E-state index contributed by atoms with van der Waals surface area (Å²) >= 11 is 0. The number of carbonyl (C=O) groups excluding carboxylic acids is 1. The van der Waals surface area contributed by atoms with Gasteiger partial charge in [-0.1, -0.05) is 13.3 Å². The largest absolute Gasteiger partial charge is 0.381 e. The number of benzene rings is 1. The van der Waals surface area contributed by atoms with Crippen molar-refractivity contribution in [2.24, 2.45) is 0 Å². The molecule has 19 heavy (non-hydrogen) atoms. The summed E-state index contributed by atoms with van der Waals surface area (Å²) in [6.07, 6.45) is 1.82. The molecule has 0 aliphatic rings. The van der Waals surface area contributed by atoms with Gasteiger partial charge in [0.05, 0.1) is 0 Å². The molecular formula is C14H20F2N2O. The highest BCUT2D eigenvalue weighted by atomic mass is 19.1. The van der Waals surface area contributed by atoms with E-state index in [0.717, 1.165) is 25.0 Å². The first-order valence-corrected chi connectivity index (χ1v) is 6.49. The molecule has 0 radical (unpaired) electrons. The number of amides is 1. The van der Waals surface area contributed by atoms with Crippen LogP contribution in [-0.4, -0.2) is 30.9 Å². The second kappa shape index (κ2) is 7.07. The first-order chi connectivity index (χ1) is 9.01. The standard InChI is InChI=1S/C14H20F2N2O/c1-4-6-7-18(3)14(19)10-8-11(15)13(17-5-2)12(16)9-10/h8-9,17H,4-7H2,1-3H3. The van der Waals surface area contributed by atoms with Crippen molar-refractivity contribution in [1.82, 2.24) is 4.90 Å². The summed E-state index contributed by atoms with van der Waals surface area (Å²) in [5.41, 5.74) is -0.148. The van der Waals surface area contributed by atoms with E-state index in [1.807, 2.05) is 6.92 Å². The van der Waals surface area contributed by atoms with Gasteiger partial charge in [-0.25, -0.2) is 8.78 Å². The number of unbranched alkanes of at least 4 members (excludes halogenated alkanes) is 1. The van der Waals surface area contributed by atoms with Gasteiger partial charge in [-0.2, -0.15) is 0 Å². The van der Waals surface area contributed by atoms with E-state index < -0.39 is 11.6 Å². The summed E-state index contributed by atoms with van der Waals surface area (Å²) in [6, 6.07) is 2.15. The van der Waals surface area contributed by atoms with Gasteiger partial charge in [0.25, 0.3) is 5.91 Å². The van der Waals surface area contributed by atoms with Gasteiger partial charge >= 0.3 is 0 Å². The predicted molar refractivity (Wildman–Crippen MR) is 72.4 cm³/mol. The topological polar surface area (TPSA) is 32.3 Å². The lowest BCUT2D eigenvalue weighted by molar-refractivity contribution is 0.0792. The number of carbonyl (C=O) groups is 1. The highest BCUT2D eigenvalue weighted by molar-refractivity contribution is 5.94. The van der Waals surface area contributed by atoms with Crippen molar-refractivity contribution in [3.05, 3.63) is 29.3 Å². The summed E-state index contributed by atoms with van der Waals surface area (Å²) in [4.78, 5) is 13.5. The number of hydrogen-bond donors (Lipinski definition) is 1. The van der Waals surface area contributed by atoms with Crippen LogP contribution in [0.3, 0.4) is 0 Å². The zero-order valence-corrected chi connectivity index (χ0v) is 11.6. The van der Waals surface area contributed by atoms with Gasteiger partial charge in [-0.15, -0.1) is 0 Å². The number of hydrogen-bond acceptors (Lipinski definition) is 2. The van der Waals surface area contributed by atoms with Gasteiger partial charge in [-0.05, 0) is 25.5 Å². The Morgan fingerprint density at radius 3 is 2.32 bits per heavy atom. The van der Waals surface area contributed by atoms with Gasteiger partial charge in [-0.3, -0.25) is 4.79 Å². The van der Waals surface area contributed by atoms with Crippen molar-refractivity contribution in [2.45, 2.75) is 26.7 Å². The lowest BCUT2D eigenvalue weighted by atomic mass is 10.1. The Labute approximate surface area is 112 Å². The van der Waals surface area contributed by atoms with E-state index in [1.165, 1.54) is 4.90 Å². The number of nitrogens with zero attached hydrogens (tertiary/aromatic N) is 1. The van der Waals surface area contributed by atoms with Crippen LogP contribution in [0.4, 0.5) is 14.5 Å². The summed E-state index contributed by atoms with van der Waals surface area (Å²) < 4.78 is 27.4. The molecule has 1 amide bonds. The van der Waals surface area contributed by atoms with Gasteiger partial charge in [0.15, 0.2) is 0 Å². The lowest BCUT2D eigenvalue weighted by Crippen LogP contribution is -2.28. The molecule has 0 aromatic heterocycles. The SMILES string of the molecule is CCCCN(C)C(=O)c1cc(F)c(NCC)c(F)c1. The van der Waals surface area contributed by atoms with Gasteiger partial charge in [0, 0.05) is 25.7 Å². The predicted octanol–water partition coefficient (Wildman–Crippen LogP) is 3.27. The second-order valence-corrected chi connectivity index (χ2v) is 4.43. The van der Waals surface area contributed by atoms with Gasteiger partial charge in [0.1, 0.15) is 17.3 Å². The molecule has 5 heteroatoms. The Bertz CT molecular complexity index is 426. The third-order valence-corrected chi connectivity index (χ3v) is 2.84. The quantitative estimate of drug-likeness (QED) is 0.860. The number of rotatable bonds is 6. The normalized spacial score (nSPS) is 10.4. The van der Waals surface area contributed by atoms with Crippen molar-refractivity contribution in [1.29, 1.82) is 0 Å². The van der Waals surface area contributed by atoms with Crippen LogP contribution in [0.5, 0.6) is 0 Å². The van der Waals surface area contributed by atoms with Crippen molar-refractivity contribution < 1.29 is 13.6 Å². The third kappa shape index (κ3) is 3.91. The maximum Gasteiger partial charge on any atom is 0.253 e. The minimum atomic E-state index is -0.742. The average molecular weight is 270 g/mol. The zero-order chi connectivity index (χ0) is 14.4. The smallest absolute Gasteiger partial charge is 0.253 e. The fourth-order valence-corrected chi connectivity index (χ4v) is 1.76. The number of nitrogens with one attached hydrogen (secondary N) is 1. The van der Waals surface area contributed by atoms with Crippen LogP contribution < -0.4 is 5.32 Å². The van der Waals surface area contributed by atoms with E-state index in [-0.39, 0.29) is 17.2 Å². The molecule has 106 valence electrons. The van der Waals surface area contributed by atoms with Gasteiger partial charge < -0.3 is 10.2 Å². The molecule has 1 rings (SSSR count).